The van der Waals surface area contributed by atoms with E-state index in [9.17, 15) is 4.39 Å². The van der Waals surface area contributed by atoms with Gasteiger partial charge in [-0.3, -0.25) is 0 Å². The van der Waals surface area contributed by atoms with Crippen LogP contribution in [0.15, 0.2) is 40.9 Å². The van der Waals surface area contributed by atoms with Crippen molar-refractivity contribution in [3.8, 4) is 6.07 Å². The van der Waals surface area contributed by atoms with E-state index in [1.807, 2.05) is 18.2 Å². The van der Waals surface area contributed by atoms with Gasteiger partial charge in [0.25, 0.3) is 0 Å². The monoisotopic (exact) mass is 338 g/mol. The van der Waals surface area contributed by atoms with Crippen LogP contribution < -0.4 is 5.32 Å². The summed E-state index contributed by atoms with van der Waals surface area (Å²) >= 11 is 9.40. The third kappa shape index (κ3) is 3.69. The Kier molecular flexibility index (Phi) is 4.41. The molecule has 0 unspecified atom stereocenters. The molecule has 0 aliphatic heterocycles. The molecule has 2 nitrogen and oxygen atoms in total. The van der Waals surface area contributed by atoms with Crippen LogP contribution in [0.1, 0.15) is 11.1 Å². The second-order valence-electron chi connectivity index (χ2n) is 3.94. The summed E-state index contributed by atoms with van der Waals surface area (Å²) in [5.41, 5.74) is 1.74. The van der Waals surface area contributed by atoms with Gasteiger partial charge < -0.3 is 5.32 Å². The van der Waals surface area contributed by atoms with Gasteiger partial charge in [0, 0.05) is 11.0 Å². The predicted octanol–water partition coefficient (Wildman–Crippen LogP) is 4.73. The quantitative estimate of drug-likeness (QED) is 0.878. The zero-order valence-corrected chi connectivity index (χ0v) is 12.1. The Bertz CT molecular complexity index is 652. The molecule has 2 aromatic carbocycles. The zero-order valence-electron chi connectivity index (χ0n) is 9.75. The van der Waals surface area contributed by atoms with Crippen LogP contribution in [0.25, 0.3) is 0 Å². The molecular weight excluding hydrogens is 331 g/mol. The SMILES string of the molecule is N#Cc1cc(F)cc(CNc2cc(Br)ccc2Cl)c1. The Morgan fingerprint density at radius 3 is 2.79 bits per heavy atom. The van der Waals surface area contributed by atoms with Crippen LogP contribution in [0.3, 0.4) is 0 Å². The van der Waals surface area contributed by atoms with Crippen LogP contribution in [0.2, 0.25) is 5.02 Å². The van der Waals surface area contributed by atoms with Crippen LogP contribution in [0, 0.1) is 17.1 Å². The molecule has 0 aliphatic rings. The van der Waals surface area contributed by atoms with E-state index in [1.165, 1.54) is 12.1 Å². The van der Waals surface area contributed by atoms with Crippen LogP contribution in [-0.2, 0) is 6.54 Å². The average molecular weight is 340 g/mol. The van der Waals surface area contributed by atoms with E-state index in [1.54, 1.807) is 12.1 Å². The summed E-state index contributed by atoms with van der Waals surface area (Å²) in [5, 5.41) is 12.5. The molecule has 0 heterocycles. The number of nitriles is 1. The maximum atomic E-state index is 13.3. The van der Waals surface area contributed by atoms with Crippen LogP contribution in [-0.4, -0.2) is 0 Å². The molecule has 0 saturated heterocycles. The Morgan fingerprint density at radius 2 is 2.05 bits per heavy atom. The Balaban J connectivity index is 2.17. The molecule has 0 aromatic heterocycles. The standard InChI is InChI=1S/C14H9BrClFN2/c15-11-1-2-13(16)14(6-11)19-8-10-3-9(7-18)4-12(17)5-10/h1-6,19H,8H2. The molecule has 0 fully saturated rings. The third-order valence-corrected chi connectivity index (χ3v) is 3.32. The third-order valence-electron chi connectivity index (χ3n) is 2.50. The molecule has 1 N–H and O–H groups in total. The topological polar surface area (TPSA) is 35.8 Å². The number of hydrogen-bond donors (Lipinski definition) is 1. The van der Waals surface area contributed by atoms with Crippen molar-refractivity contribution in [3.05, 3.63) is 62.8 Å². The van der Waals surface area contributed by atoms with Crippen molar-refractivity contribution in [2.45, 2.75) is 6.54 Å². The van der Waals surface area contributed by atoms with E-state index in [0.717, 1.165) is 10.2 Å². The molecule has 0 amide bonds. The van der Waals surface area contributed by atoms with Gasteiger partial charge in [-0.1, -0.05) is 27.5 Å². The first-order valence-electron chi connectivity index (χ1n) is 5.47. The van der Waals surface area contributed by atoms with Gasteiger partial charge in [0.05, 0.1) is 22.3 Å². The van der Waals surface area contributed by atoms with E-state index in [0.29, 0.717) is 22.7 Å². The van der Waals surface area contributed by atoms with Crippen molar-refractivity contribution in [1.29, 1.82) is 5.26 Å². The number of rotatable bonds is 3. The molecule has 0 radical (unpaired) electrons. The van der Waals surface area contributed by atoms with Crippen LogP contribution in [0.4, 0.5) is 10.1 Å². The van der Waals surface area contributed by atoms with Gasteiger partial charge >= 0.3 is 0 Å². The van der Waals surface area contributed by atoms with Crippen molar-refractivity contribution in [2.24, 2.45) is 0 Å². The van der Waals surface area contributed by atoms with Crippen molar-refractivity contribution < 1.29 is 4.39 Å². The summed E-state index contributed by atoms with van der Waals surface area (Å²) in [7, 11) is 0. The average Bonchev–Trinajstić information content (AvgIpc) is 2.39. The number of benzene rings is 2. The van der Waals surface area contributed by atoms with E-state index < -0.39 is 5.82 Å². The minimum atomic E-state index is -0.420. The van der Waals surface area contributed by atoms with Crippen molar-refractivity contribution in [3.63, 3.8) is 0 Å². The van der Waals surface area contributed by atoms with Crippen LogP contribution >= 0.6 is 27.5 Å². The zero-order chi connectivity index (χ0) is 13.8. The van der Waals surface area contributed by atoms with E-state index in [4.69, 9.17) is 16.9 Å². The highest BCUT2D eigenvalue weighted by Crippen LogP contribution is 2.26. The summed E-state index contributed by atoms with van der Waals surface area (Å²) in [6, 6.07) is 11.6. The lowest BCUT2D eigenvalue weighted by Crippen LogP contribution is -2.01. The minimum Gasteiger partial charge on any atom is -0.380 e. The van der Waals surface area contributed by atoms with Gasteiger partial charge in [0.15, 0.2) is 0 Å². The van der Waals surface area contributed by atoms with Gasteiger partial charge in [0.2, 0.25) is 0 Å². The smallest absolute Gasteiger partial charge is 0.124 e. The fourth-order valence-electron chi connectivity index (χ4n) is 1.65. The first kappa shape index (κ1) is 13.9. The normalized spacial score (nSPS) is 10.0. The lowest BCUT2D eigenvalue weighted by atomic mass is 10.1. The summed E-state index contributed by atoms with van der Waals surface area (Å²) in [6.07, 6.45) is 0. The number of hydrogen-bond acceptors (Lipinski definition) is 2. The Morgan fingerprint density at radius 1 is 1.26 bits per heavy atom. The number of nitrogens with one attached hydrogen (secondary N) is 1. The molecule has 19 heavy (non-hydrogen) atoms. The fourth-order valence-corrected chi connectivity index (χ4v) is 2.19. The van der Waals surface area contributed by atoms with Gasteiger partial charge in [-0.25, -0.2) is 4.39 Å². The highest BCUT2D eigenvalue weighted by atomic mass is 79.9. The molecule has 0 bridgehead atoms. The van der Waals surface area contributed by atoms with Gasteiger partial charge in [0.1, 0.15) is 5.82 Å². The summed E-state index contributed by atoms with van der Waals surface area (Å²) < 4.78 is 14.2. The van der Waals surface area contributed by atoms with Gasteiger partial charge in [-0.05, 0) is 42.0 Å². The lowest BCUT2D eigenvalue weighted by Gasteiger charge is -2.09. The molecule has 0 aliphatic carbocycles. The fraction of sp³-hybridized carbons (Fsp3) is 0.0714. The first-order chi connectivity index (χ1) is 9.08. The number of halogens is 3. The van der Waals surface area contributed by atoms with E-state index in [2.05, 4.69) is 21.2 Å². The Labute approximate surface area is 123 Å². The molecule has 0 saturated carbocycles. The first-order valence-corrected chi connectivity index (χ1v) is 6.64. The highest BCUT2D eigenvalue weighted by Gasteiger charge is 2.03. The maximum absolute atomic E-state index is 13.3. The predicted molar refractivity (Wildman–Crippen MR) is 77.6 cm³/mol. The molecule has 2 aromatic rings. The van der Waals surface area contributed by atoms with E-state index >= 15 is 0 Å². The highest BCUT2D eigenvalue weighted by molar-refractivity contribution is 9.10. The molecule has 96 valence electrons. The summed E-state index contributed by atoms with van der Waals surface area (Å²) in [6.45, 7) is 0.391. The van der Waals surface area contributed by atoms with Gasteiger partial charge in [-0.15, -0.1) is 0 Å². The number of nitrogens with zero attached hydrogens (tertiary/aromatic N) is 1. The minimum absolute atomic E-state index is 0.303. The largest absolute Gasteiger partial charge is 0.380 e. The molecule has 0 atom stereocenters. The Hall–Kier alpha value is -1.57. The second kappa shape index (κ2) is 6.05. The molecule has 2 rings (SSSR count). The van der Waals surface area contributed by atoms with Gasteiger partial charge in [-0.2, -0.15) is 5.26 Å². The van der Waals surface area contributed by atoms with Crippen molar-refractivity contribution in [1.82, 2.24) is 0 Å². The van der Waals surface area contributed by atoms with Crippen molar-refractivity contribution in [2.75, 3.05) is 5.32 Å². The molecule has 5 heteroatoms. The maximum Gasteiger partial charge on any atom is 0.124 e. The summed E-state index contributed by atoms with van der Waals surface area (Å²) in [5.74, 6) is -0.420. The van der Waals surface area contributed by atoms with Crippen molar-refractivity contribution >= 4 is 33.2 Å². The lowest BCUT2D eigenvalue weighted by molar-refractivity contribution is 0.625. The molecule has 0 spiro atoms. The molecular formula is C14H9BrClFN2. The van der Waals surface area contributed by atoms with E-state index in [-0.39, 0.29) is 0 Å². The summed E-state index contributed by atoms with van der Waals surface area (Å²) in [4.78, 5) is 0. The second-order valence-corrected chi connectivity index (χ2v) is 5.26. The van der Waals surface area contributed by atoms with Crippen LogP contribution in [0.5, 0.6) is 0 Å². The number of anilines is 1.